The smallest absolute Gasteiger partial charge is 0.228 e. The number of nitrogens with one attached hydrogen (secondary N) is 1. The van der Waals surface area contributed by atoms with Crippen LogP contribution in [0.1, 0.15) is 18.1 Å². The Bertz CT molecular complexity index is 696. The lowest BCUT2D eigenvalue weighted by Gasteiger charge is -2.10. The van der Waals surface area contributed by atoms with Crippen LogP contribution in [0.25, 0.3) is 0 Å². The third kappa shape index (κ3) is 3.85. The molecule has 0 saturated carbocycles. The van der Waals surface area contributed by atoms with Gasteiger partial charge in [-0.25, -0.2) is 0 Å². The van der Waals surface area contributed by atoms with Crippen molar-refractivity contribution in [3.05, 3.63) is 59.7 Å². The Labute approximate surface area is 129 Å². The van der Waals surface area contributed by atoms with Gasteiger partial charge in [-0.3, -0.25) is 4.79 Å². The first kappa shape index (κ1) is 15.6. The van der Waals surface area contributed by atoms with Crippen LogP contribution in [0.4, 0.5) is 5.69 Å². The van der Waals surface area contributed by atoms with Gasteiger partial charge in [-0.2, -0.15) is 0 Å². The van der Waals surface area contributed by atoms with Crippen LogP contribution in [-0.2, 0) is 11.2 Å². The molecule has 22 heavy (non-hydrogen) atoms. The van der Waals surface area contributed by atoms with E-state index in [2.05, 4.69) is 10.5 Å². The predicted octanol–water partition coefficient (Wildman–Crippen LogP) is 3.07. The van der Waals surface area contributed by atoms with E-state index in [9.17, 15) is 4.79 Å². The minimum absolute atomic E-state index is 0.147. The number of ether oxygens (including phenoxy) is 1. The molecule has 0 unspecified atom stereocenters. The molecular formula is C17H18N2O3. The third-order valence-corrected chi connectivity index (χ3v) is 3.24. The van der Waals surface area contributed by atoms with Crippen LogP contribution in [0.5, 0.6) is 5.75 Å². The molecular weight excluding hydrogens is 280 g/mol. The lowest BCUT2D eigenvalue weighted by Crippen LogP contribution is -2.16. The normalized spacial score (nSPS) is 11.1. The summed E-state index contributed by atoms with van der Waals surface area (Å²) >= 11 is 0. The lowest BCUT2D eigenvalue weighted by atomic mass is 10.1. The zero-order chi connectivity index (χ0) is 15.9. The fourth-order valence-corrected chi connectivity index (χ4v) is 2.12. The molecule has 5 heteroatoms. The van der Waals surface area contributed by atoms with Crippen molar-refractivity contribution in [2.75, 3.05) is 12.4 Å². The Morgan fingerprint density at radius 1 is 1.23 bits per heavy atom. The molecule has 2 aromatic rings. The summed E-state index contributed by atoms with van der Waals surface area (Å²) in [7, 11) is 1.59. The number of nitrogens with zero attached hydrogens (tertiary/aromatic N) is 1. The minimum atomic E-state index is -0.147. The molecule has 2 aromatic carbocycles. The standard InChI is InChI=1S/C17H18N2O3/c1-12(19-21)15-8-3-4-9-16(15)18-17(20)11-13-6-5-7-14(10-13)22-2/h3-10,21H,11H2,1-2H3,(H,18,20)/b19-12+. The van der Waals surface area contributed by atoms with Crippen LogP contribution in [-0.4, -0.2) is 23.9 Å². The van der Waals surface area contributed by atoms with E-state index in [-0.39, 0.29) is 12.3 Å². The van der Waals surface area contributed by atoms with Crippen LogP contribution >= 0.6 is 0 Å². The van der Waals surface area contributed by atoms with Gasteiger partial charge >= 0.3 is 0 Å². The summed E-state index contributed by atoms with van der Waals surface area (Å²) in [5, 5.41) is 14.9. The summed E-state index contributed by atoms with van der Waals surface area (Å²) in [5.74, 6) is 0.570. The number of methoxy groups -OCH3 is 1. The summed E-state index contributed by atoms with van der Waals surface area (Å²) in [5.41, 5.74) is 2.61. The molecule has 114 valence electrons. The highest BCUT2D eigenvalue weighted by atomic mass is 16.5. The van der Waals surface area contributed by atoms with Crippen molar-refractivity contribution in [2.45, 2.75) is 13.3 Å². The van der Waals surface area contributed by atoms with E-state index >= 15 is 0 Å². The van der Waals surface area contributed by atoms with Crippen molar-refractivity contribution in [3.8, 4) is 5.75 Å². The molecule has 0 spiro atoms. The quantitative estimate of drug-likeness (QED) is 0.506. The summed E-state index contributed by atoms with van der Waals surface area (Å²) in [6.07, 6.45) is 0.237. The van der Waals surface area contributed by atoms with E-state index in [4.69, 9.17) is 9.94 Å². The maximum absolute atomic E-state index is 12.2. The van der Waals surface area contributed by atoms with Gasteiger partial charge in [-0.15, -0.1) is 0 Å². The molecule has 5 nitrogen and oxygen atoms in total. The summed E-state index contributed by atoms with van der Waals surface area (Å²) in [6, 6.07) is 14.6. The second-order valence-electron chi connectivity index (χ2n) is 4.81. The minimum Gasteiger partial charge on any atom is -0.497 e. The van der Waals surface area contributed by atoms with Gasteiger partial charge in [0.15, 0.2) is 0 Å². The molecule has 2 rings (SSSR count). The van der Waals surface area contributed by atoms with Gasteiger partial charge in [0.2, 0.25) is 5.91 Å². The van der Waals surface area contributed by atoms with Gasteiger partial charge in [-0.1, -0.05) is 35.5 Å². The highest BCUT2D eigenvalue weighted by Crippen LogP contribution is 2.17. The van der Waals surface area contributed by atoms with Gasteiger partial charge in [0.1, 0.15) is 5.75 Å². The van der Waals surface area contributed by atoms with Gasteiger partial charge in [0.05, 0.1) is 19.2 Å². The molecule has 0 aliphatic heterocycles. The molecule has 0 heterocycles. The molecule has 0 aromatic heterocycles. The van der Waals surface area contributed by atoms with Gasteiger partial charge in [0.25, 0.3) is 0 Å². The fraction of sp³-hybridized carbons (Fsp3) is 0.176. The number of carbonyl (C=O) groups is 1. The van der Waals surface area contributed by atoms with Crippen LogP contribution in [0.2, 0.25) is 0 Å². The second kappa shape index (κ2) is 7.26. The van der Waals surface area contributed by atoms with Gasteiger partial charge < -0.3 is 15.3 Å². The van der Waals surface area contributed by atoms with E-state index < -0.39 is 0 Å². The number of hydrogen-bond donors (Lipinski definition) is 2. The SMILES string of the molecule is COc1cccc(CC(=O)Nc2ccccc2/C(C)=N/O)c1. The topological polar surface area (TPSA) is 70.9 Å². The predicted molar refractivity (Wildman–Crippen MR) is 85.8 cm³/mol. The fourth-order valence-electron chi connectivity index (χ4n) is 2.12. The summed E-state index contributed by atoms with van der Waals surface area (Å²) in [6.45, 7) is 1.67. The number of benzene rings is 2. The average molecular weight is 298 g/mol. The molecule has 2 N–H and O–H groups in total. The Hall–Kier alpha value is -2.82. The number of amides is 1. The first-order chi connectivity index (χ1) is 10.6. The van der Waals surface area contributed by atoms with E-state index in [1.54, 1.807) is 26.2 Å². The molecule has 0 aliphatic carbocycles. The zero-order valence-electron chi connectivity index (χ0n) is 12.5. The molecule has 1 amide bonds. The van der Waals surface area contributed by atoms with Crippen molar-refractivity contribution in [3.63, 3.8) is 0 Å². The highest BCUT2D eigenvalue weighted by molar-refractivity contribution is 6.06. The average Bonchev–Trinajstić information content (AvgIpc) is 2.54. The van der Waals surface area contributed by atoms with Gasteiger partial charge in [0, 0.05) is 11.3 Å². The summed E-state index contributed by atoms with van der Waals surface area (Å²) < 4.78 is 5.14. The van der Waals surface area contributed by atoms with Crippen LogP contribution in [0.15, 0.2) is 53.7 Å². The molecule has 0 atom stereocenters. The molecule has 0 bridgehead atoms. The number of anilines is 1. The molecule has 0 fully saturated rings. The summed E-state index contributed by atoms with van der Waals surface area (Å²) in [4.78, 5) is 12.2. The van der Waals surface area contributed by atoms with Crippen LogP contribution in [0, 0.1) is 0 Å². The van der Waals surface area contributed by atoms with E-state index in [0.29, 0.717) is 22.7 Å². The lowest BCUT2D eigenvalue weighted by molar-refractivity contribution is -0.115. The Kier molecular flexibility index (Phi) is 5.14. The van der Waals surface area contributed by atoms with Gasteiger partial charge in [-0.05, 0) is 30.7 Å². The number of carbonyl (C=O) groups excluding carboxylic acids is 1. The number of para-hydroxylation sites is 1. The van der Waals surface area contributed by atoms with E-state index in [0.717, 1.165) is 5.56 Å². The van der Waals surface area contributed by atoms with Crippen molar-refractivity contribution in [1.82, 2.24) is 0 Å². The van der Waals surface area contributed by atoms with Crippen molar-refractivity contribution in [1.29, 1.82) is 0 Å². The monoisotopic (exact) mass is 298 g/mol. The number of hydrogen-bond acceptors (Lipinski definition) is 4. The van der Waals surface area contributed by atoms with Crippen LogP contribution < -0.4 is 10.1 Å². The van der Waals surface area contributed by atoms with Crippen molar-refractivity contribution >= 4 is 17.3 Å². The Balaban J connectivity index is 2.12. The van der Waals surface area contributed by atoms with Crippen molar-refractivity contribution in [2.24, 2.45) is 5.16 Å². The number of rotatable bonds is 5. The second-order valence-corrected chi connectivity index (χ2v) is 4.81. The Morgan fingerprint density at radius 3 is 2.73 bits per heavy atom. The van der Waals surface area contributed by atoms with E-state index in [1.807, 2.05) is 36.4 Å². The maximum Gasteiger partial charge on any atom is 0.228 e. The third-order valence-electron chi connectivity index (χ3n) is 3.24. The van der Waals surface area contributed by atoms with Crippen LogP contribution in [0.3, 0.4) is 0 Å². The first-order valence-corrected chi connectivity index (χ1v) is 6.85. The first-order valence-electron chi connectivity index (χ1n) is 6.85. The maximum atomic E-state index is 12.2. The van der Waals surface area contributed by atoms with Crippen molar-refractivity contribution < 1.29 is 14.7 Å². The molecule has 0 saturated heterocycles. The highest BCUT2D eigenvalue weighted by Gasteiger charge is 2.10. The number of oxime groups is 1. The Morgan fingerprint density at radius 2 is 2.00 bits per heavy atom. The van der Waals surface area contributed by atoms with E-state index in [1.165, 1.54) is 0 Å². The largest absolute Gasteiger partial charge is 0.497 e. The zero-order valence-corrected chi connectivity index (χ0v) is 12.5. The molecule has 0 aliphatic rings. The molecule has 0 radical (unpaired) electrons.